The van der Waals surface area contributed by atoms with Gasteiger partial charge in [-0.1, -0.05) is 140 Å². The molecule has 0 amide bonds. The number of hydrogen-bond acceptors (Lipinski definition) is 1. The first-order valence-electron chi connectivity index (χ1n) is 22.8. The van der Waals surface area contributed by atoms with E-state index in [0.717, 1.165) is 35.0 Å². The summed E-state index contributed by atoms with van der Waals surface area (Å²) < 4.78 is 2.42. The maximum absolute atomic E-state index is 2.58. The van der Waals surface area contributed by atoms with Crippen molar-refractivity contribution < 1.29 is 0 Å². The number of fused-ring (bicyclic) bond motifs is 5. The second kappa shape index (κ2) is 14.4. The number of hydrogen-bond donors (Lipinski definition) is 0. The Balaban J connectivity index is 1.14. The van der Waals surface area contributed by atoms with E-state index < -0.39 is 0 Å². The summed E-state index contributed by atoms with van der Waals surface area (Å²) in [6, 6.07) is 74.9. The van der Waals surface area contributed by atoms with E-state index in [-0.39, 0.29) is 0 Å². The molecule has 0 unspecified atom stereocenters. The predicted octanol–water partition coefficient (Wildman–Crippen LogP) is 16.4. The minimum absolute atomic E-state index is 0.557. The minimum Gasteiger partial charge on any atom is -0.309 e. The summed E-state index contributed by atoms with van der Waals surface area (Å²) in [5.41, 5.74) is 13.8. The van der Waals surface area contributed by atoms with Gasteiger partial charge < -0.3 is 9.47 Å². The lowest BCUT2D eigenvalue weighted by Crippen LogP contribution is -2.43. The molecule has 14 rings (SSSR count). The maximum atomic E-state index is 2.58. The zero-order chi connectivity index (χ0) is 40.7. The van der Waals surface area contributed by atoms with Crippen LogP contribution in [0, 0.1) is 23.7 Å². The third-order valence-corrected chi connectivity index (χ3v) is 15.1. The highest BCUT2D eigenvalue weighted by Gasteiger charge is 2.49. The summed E-state index contributed by atoms with van der Waals surface area (Å²) in [4.78, 5) is 2.58. The summed E-state index contributed by atoms with van der Waals surface area (Å²) in [5, 5.41) is 7.98. The molecule has 0 N–H and O–H groups in total. The van der Waals surface area contributed by atoms with Gasteiger partial charge in [-0.3, -0.25) is 0 Å². The Morgan fingerprint density at radius 1 is 0.355 bits per heavy atom. The fourth-order valence-electron chi connectivity index (χ4n) is 12.8. The average molecular weight is 797 g/mol. The van der Waals surface area contributed by atoms with E-state index in [1.807, 2.05) is 0 Å². The zero-order valence-electron chi connectivity index (χ0n) is 34.9. The van der Waals surface area contributed by atoms with E-state index >= 15 is 0 Å². The van der Waals surface area contributed by atoms with Gasteiger partial charge in [-0.2, -0.15) is 0 Å². The van der Waals surface area contributed by atoms with Crippen molar-refractivity contribution in [2.45, 2.75) is 38.0 Å². The molecule has 4 bridgehead atoms. The Morgan fingerprint density at radius 3 is 1.56 bits per heavy atom. The van der Waals surface area contributed by atoms with Crippen LogP contribution in [0.5, 0.6) is 0 Å². The molecule has 0 saturated heterocycles. The molecule has 0 aliphatic heterocycles. The van der Waals surface area contributed by atoms with Gasteiger partial charge in [0.25, 0.3) is 0 Å². The summed E-state index contributed by atoms with van der Waals surface area (Å²) in [6.07, 6.45) is 7.00. The lowest BCUT2D eigenvalue weighted by atomic mass is 9.50. The molecule has 1 aromatic heterocycles. The first kappa shape index (κ1) is 35.8. The van der Waals surface area contributed by atoms with Crippen LogP contribution in [0.1, 0.15) is 43.6 Å². The van der Waals surface area contributed by atoms with Crippen molar-refractivity contribution in [2.24, 2.45) is 23.7 Å². The first-order chi connectivity index (χ1) is 30.7. The van der Waals surface area contributed by atoms with Gasteiger partial charge in [-0.15, -0.1) is 0 Å². The Kier molecular flexibility index (Phi) is 8.29. The van der Waals surface area contributed by atoms with Crippen LogP contribution in [-0.2, 0) is 0 Å². The summed E-state index contributed by atoms with van der Waals surface area (Å²) in [7, 11) is 0. The molecule has 0 radical (unpaired) electrons. The van der Waals surface area contributed by atoms with Crippen molar-refractivity contribution in [3.63, 3.8) is 0 Å². The van der Waals surface area contributed by atoms with E-state index in [0.29, 0.717) is 5.92 Å². The second-order valence-corrected chi connectivity index (χ2v) is 18.5. The molecule has 0 atom stereocenters. The van der Waals surface area contributed by atoms with Crippen molar-refractivity contribution in [3.05, 3.63) is 206 Å². The molecule has 1 heterocycles. The van der Waals surface area contributed by atoms with E-state index in [4.69, 9.17) is 0 Å². The van der Waals surface area contributed by atoms with Gasteiger partial charge in [0.2, 0.25) is 0 Å². The van der Waals surface area contributed by atoms with Crippen LogP contribution < -0.4 is 4.90 Å². The number of aromatic nitrogens is 1. The van der Waals surface area contributed by atoms with Gasteiger partial charge in [0.1, 0.15) is 0 Å². The Hall–Kier alpha value is -6.90. The molecule has 2 nitrogen and oxygen atoms in total. The largest absolute Gasteiger partial charge is 0.309 e. The highest BCUT2D eigenvalue weighted by molar-refractivity contribution is 6.19. The topological polar surface area (TPSA) is 8.17 Å². The number of nitrogens with zero attached hydrogens (tertiary/aromatic N) is 2. The number of rotatable bonds is 7. The van der Waals surface area contributed by atoms with Gasteiger partial charge in [-0.05, 0) is 161 Å². The molecule has 4 saturated carbocycles. The van der Waals surface area contributed by atoms with Gasteiger partial charge in [0.15, 0.2) is 0 Å². The van der Waals surface area contributed by atoms with Crippen LogP contribution in [0.3, 0.4) is 0 Å². The molecule has 298 valence electrons. The molecule has 62 heavy (non-hydrogen) atoms. The monoisotopic (exact) mass is 796 g/mol. The third-order valence-electron chi connectivity index (χ3n) is 15.1. The third kappa shape index (κ3) is 5.69. The molecular formula is C60H48N2. The van der Waals surface area contributed by atoms with Crippen molar-refractivity contribution in [2.75, 3.05) is 4.90 Å². The van der Waals surface area contributed by atoms with E-state index in [1.54, 1.807) is 5.56 Å². The fourth-order valence-corrected chi connectivity index (χ4v) is 12.8. The smallest absolute Gasteiger partial charge is 0.0618 e. The molecule has 10 aromatic rings. The normalized spacial score (nSPS) is 20.4. The van der Waals surface area contributed by atoms with Crippen LogP contribution in [0.15, 0.2) is 200 Å². The lowest BCUT2D eigenvalue weighted by molar-refractivity contribution is -0.00185. The van der Waals surface area contributed by atoms with Gasteiger partial charge in [-0.25, -0.2) is 0 Å². The van der Waals surface area contributed by atoms with Crippen molar-refractivity contribution in [1.29, 1.82) is 0 Å². The number of para-hydroxylation sites is 3. The van der Waals surface area contributed by atoms with Gasteiger partial charge in [0, 0.05) is 38.6 Å². The second-order valence-electron chi connectivity index (χ2n) is 18.5. The standard InChI is InChI=1S/C60H48N2/c1-5-15-41(16-6-1)43-26-29-52-54(36-43)59(58-45-32-39-31-40(34-45)35-46(58)33-39)51-28-25-44(42-17-7-2-8-18-42)37-55(51)60(52)61(47-19-9-3-10-20-47)49-27-30-57-53(38-49)50-23-13-14-24-56(50)62(57)48-21-11-4-12-22-48/h1-30,36-40,45-46,58H,31-35H2. The summed E-state index contributed by atoms with van der Waals surface area (Å²) >= 11 is 0. The Morgan fingerprint density at radius 2 is 0.903 bits per heavy atom. The molecular weight excluding hydrogens is 749 g/mol. The van der Waals surface area contributed by atoms with Crippen molar-refractivity contribution >= 4 is 60.4 Å². The zero-order valence-corrected chi connectivity index (χ0v) is 34.9. The van der Waals surface area contributed by atoms with Crippen LogP contribution in [-0.4, -0.2) is 4.57 Å². The van der Waals surface area contributed by atoms with Crippen molar-refractivity contribution in [3.8, 4) is 27.9 Å². The van der Waals surface area contributed by atoms with Gasteiger partial charge in [0.05, 0.1) is 16.7 Å². The van der Waals surface area contributed by atoms with E-state index in [1.165, 1.54) is 109 Å². The first-order valence-corrected chi connectivity index (χ1v) is 22.8. The van der Waals surface area contributed by atoms with Crippen LogP contribution in [0.4, 0.5) is 17.1 Å². The highest BCUT2D eigenvalue weighted by Crippen LogP contribution is 2.62. The molecule has 2 heteroatoms. The number of benzene rings is 9. The molecule has 4 aliphatic carbocycles. The van der Waals surface area contributed by atoms with E-state index in [2.05, 4.69) is 210 Å². The fraction of sp³-hybridized carbons (Fsp3) is 0.167. The lowest BCUT2D eigenvalue weighted by Gasteiger charge is -2.55. The molecule has 0 spiro atoms. The quantitative estimate of drug-likeness (QED) is 0.146. The molecule has 9 aromatic carbocycles. The van der Waals surface area contributed by atoms with Crippen LogP contribution >= 0.6 is 0 Å². The van der Waals surface area contributed by atoms with Gasteiger partial charge >= 0.3 is 0 Å². The Labute approximate surface area is 363 Å². The van der Waals surface area contributed by atoms with Crippen molar-refractivity contribution in [1.82, 2.24) is 4.57 Å². The predicted molar refractivity (Wildman–Crippen MR) is 261 cm³/mol. The summed E-state index contributed by atoms with van der Waals surface area (Å²) in [5.74, 6) is 3.86. The van der Waals surface area contributed by atoms with E-state index in [9.17, 15) is 0 Å². The number of anilines is 3. The average Bonchev–Trinajstić information content (AvgIpc) is 3.66. The molecule has 4 aliphatic rings. The minimum atomic E-state index is 0.557. The highest BCUT2D eigenvalue weighted by atomic mass is 15.1. The van der Waals surface area contributed by atoms with Crippen LogP contribution in [0.2, 0.25) is 0 Å². The SMILES string of the molecule is c1ccc(-c2ccc3c(N(c4ccccc4)c4ccc5c(c4)c4ccccc4n5-c4ccccc4)c4cc(-c5ccccc5)ccc4c(C4C5CC6CC(C5)CC4C6)c3c2)cc1. The molecule has 4 fully saturated rings. The Bertz CT molecular complexity index is 3270. The maximum Gasteiger partial charge on any atom is 0.0618 e. The van der Waals surface area contributed by atoms with Crippen LogP contribution in [0.25, 0.3) is 71.3 Å². The summed E-state index contributed by atoms with van der Waals surface area (Å²) in [6.45, 7) is 0.